The topological polar surface area (TPSA) is 113 Å². The molecule has 1 rings (SSSR count). The van der Waals surface area contributed by atoms with Crippen LogP contribution < -0.4 is 5.73 Å². The van der Waals surface area contributed by atoms with Gasteiger partial charge in [-0.05, 0) is 24.5 Å². The third-order valence-corrected chi connectivity index (χ3v) is 1.99. The summed E-state index contributed by atoms with van der Waals surface area (Å²) in [6.07, 6.45) is -2.09. The number of aromatic hydroxyl groups is 2. The number of aliphatic hydroxyl groups is 1. The molecule has 6 heteroatoms. The number of esters is 1. The summed E-state index contributed by atoms with van der Waals surface area (Å²) >= 11 is 0. The minimum atomic E-state index is -3.41. The molecule has 0 aliphatic rings. The zero-order valence-corrected chi connectivity index (χ0v) is 8.54. The lowest BCUT2D eigenvalue weighted by Gasteiger charge is -2.17. The van der Waals surface area contributed by atoms with Crippen LogP contribution in [0.5, 0.6) is 11.5 Å². The number of nitrogens with two attached hydrogens (primary N) is 1. The number of rotatable bonds is 4. The van der Waals surface area contributed by atoms with E-state index in [0.717, 1.165) is 18.2 Å². The molecule has 0 heterocycles. The van der Waals surface area contributed by atoms with E-state index in [-0.39, 0.29) is 5.56 Å². The van der Waals surface area contributed by atoms with Crippen LogP contribution in [0.25, 0.3) is 0 Å². The molecule has 0 fully saturated rings. The van der Waals surface area contributed by atoms with E-state index in [1.54, 1.807) is 0 Å². The normalized spacial score (nSPS) is 22.7. The van der Waals surface area contributed by atoms with Crippen molar-refractivity contribution in [2.45, 2.75) is 19.0 Å². The van der Waals surface area contributed by atoms with E-state index < -0.39 is 43.0 Å². The molecule has 1 aromatic rings. The first-order chi connectivity index (χ1) is 10.2. The number of benzene rings is 1. The second-order valence-corrected chi connectivity index (χ2v) is 3.10. The van der Waals surface area contributed by atoms with E-state index in [1.807, 2.05) is 0 Å². The Balaban J connectivity index is 3.05. The second-order valence-electron chi connectivity index (χ2n) is 3.10. The lowest BCUT2D eigenvalue weighted by molar-refractivity contribution is -0.147. The Morgan fingerprint density at radius 1 is 1.65 bits per heavy atom. The van der Waals surface area contributed by atoms with Crippen LogP contribution in [0.1, 0.15) is 26.7 Å². The van der Waals surface area contributed by atoms with Gasteiger partial charge in [-0.3, -0.25) is 4.79 Å². The maximum absolute atomic E-state index is 11.8. The number of carbonyl (C=O) groups is 1. The first-order valence-corrected chi connectivity index (χ1v) is 4.42. The number of hydrogen-bond acceptors (Lipinski definition) is 6. The summed E-state index contributed by atoms with van der Waals surface area (Å²) in [7, 11) is 0. The Labute approximate surface area is 107 Å². The second kappa shape index (κ2) is 5.51. The van der Waals surface area contributed by atoms with Crippen LogP contribution in [-0.4, -0.2) is 33.9 Å². The number of phenolic OH excluding ortho intramolecular Hbond substituents is 2. The van der Waals surface area contributed by atoms with Crippen molar-refractivity contribution in [1.82, 2.24) is 0 Å². The Kier molecular flexibility index (Phi) is 2.21. The molecule has 0 aromatic heterocycles. The van der Waals surface area contributed by atoms with Gasteiger partial charge in [0.1, 0.15) is 12.1 Å². The monoisotopic (exact) mass is 247 g/mol. The van der Waals surface area contributed by atoms with E-state index in [0.29, 0.717) is 0 Å². The fourth-order valence-electron chi connectivity index (χ4n) is 1.11. The van der Waals surface area contributed by atoms with Crippen molar-refractivity contribution in [1.29, 1.82) is 0 Å². The van der Waals surface area contributed by atoms with Gasteiger partial charge in [-0.25, -0.2) is 0 Å². The van der Waals surface area contributed by atoms with E-state index in [2.05, 4.69) is 4.74 Å². The van der Waals surface area contributed by atoms with Crippen LogP contribution in [0, 0.1) is 0 Å². The lowest BCUT2D eigenvalue weighted by atomic mass is 10.0. The summed E-state index contributed by atoms with van der Waals surface area (Å²) < 4.78 is 46.8. The highest BCUT2D eigenvalue weighted by atomic mass is 16.5. The molecule has 0 saturated heterocycles. The van der Waals surface area contributed by atoms with Gasteiger partial charge in [0.25, 0.3) is 0 Å². The fraction of sp³-hybridized carbons (Fsp3) is 0.364. The largest absolute Gasteiger partial charge is 0.504 e. The van der Waals surface area contributed by atoms with Gasteiger partial charge in [0.15, 0.2) is 11.5 Å². The Morgan fingerprint density at radius 3 is 2.94 bits per heavy atom. The molecule has 6 nitrogen and oxygen atoms in total. The standard InChI is InChI=1S/C11H15NO5/c1-2-17-11(16)9(12)10(15)6-3-4-7(13)8(14)5-6/h3-5,9-10,13-15H,2,12H2,1H3/i1D3,2D2,9D. The molecule has 17 heavy (non-hydrogen) atoms. The molecular formula is C11H15NO5. The van der Waals surface area contributed by atoms with Gasteiger partial charge in [0.05, 0.1) is 10.7 Å². The van der Waals surface area contributed by atoms with E-state index >= 15 is 0 Å². The summed E-state index contributed by atoms with van der Waals surface area (Å²) in [4.78, 5) is 11.8. The van der Waals surface area contributed by atoms with Gasteiger partial charge >= 0.3 is 5.97 Å². The zero-order chi connectivity index (χ0) is 18.2. The van der Waals surface area contributed by atoms with E-state index in [4.69, 9.17) is 19.1 Å². The molecule has 5 N–H and O–H groups in total. The van der Waals surface area contributed by atoms with Gasteiger partial charge in [-0.1, -0.05) is 6.07 Å². The van der Waals surface area contributed by atoms with Gasteiger partial charge in [-0.15, -0.1) is 0 Å². The maximum Gasteiger partial charge on any atom is 0.325 e. The minimum absolute atomic E-state index is 0.246. The lowest BCUT2D eigenvalue weighted by Crippen LogP contribution is -2.38. The SMILES string of the molecule is [2H]C(N)(C(=O)OC([2H])([2H])C([2H])([2H])[2H])C(O)c1ccc(O)c(O)c1. The molecule has 0 bridgehead atoms. The van der Waals surface area contributed by atoms with Crippen LogP contribution in [0.4, 0.5) is 0 Å². The molecule has 0 aliphatic heterocycles. The first-order valence-electron chi connectivity index (χ1n) is 7.42. The molecule has 0 amide bonds. The number of hydrogen-bond donors (Lipinski definition) is 4. The van der Waals surface area contributed by atoms with Crippen molar-refractivity contribution in [3.05, 3.63) is 23.8 Å². The Bertz CT molecular complexity index is 603. The third-order valence-electron chi connectivity index (χ3n) is 1.99. The van der Waals surface area contributed by atoms with Crippen molar-refractivity contribution in [2.24, 2.45) is 5.73 Å². The molecule has 0 aliphatic carbocycles. The van der Waals surface area contributed by atoms with Crippen molar-refractivity contribution < 1.29 is 33.1 Å². The summed E-state index contributed by atoms with van der Waals surface area (Å²) in [5.41, 5.74) is 5.08. The Hall–Kier alpha value is -1.79. The minimum Gasteiger partial charge on any atom is -0.504 e. The van der Waals surface area contributed by atoms with Gasteiger partial charge in [0.2, 0.25) is 0 Å². The Morgan fingerprint density at radius 2 is 2.35 bits per heavy atom. The van der Waals surface area contributed by atoms with E-state index in [9.17, 15) is 15.0 Å². The molecule has 0 spiro atoms. The van der Waals surface area contributed by atoms with Gasteiger partial charge in [0, 0.05) is 4.11 Å². The molecule has 0 radical (unpaired) electrons. The van der Waals surface area contributed by atoms with Crippen LogP contribution in [-0.2, 0) is 9.53 Å². The first kappa shape index (κ1) is 6.83. The number of phenols is 2. The average molecular weight is 247 g/mol. The molecular weight excluding hydrogens is 226 g/mol. The van der Waals surface area contributed by atoms with Crippen molar-refractivity contribution in [3.63, 3.8) is 0 Å². The summed E-state index contributed by atoms with van der Waals surface area (Å²) in [6, 6.07) is -0.0948. The number of aliphatic hydroxyl groups excluding tert-OH is 1. The molecule has 94 valence electrons. The predicted molar refractivity (Wildman–Crippen MR) is 59.3 cm³/mol. The van der Waals surface area contributed by atoms with Crippen molar-refractivity contribution in [2.75, 3.05) is 6.56 Å². The van der Waals surface area contributed by atoms with Gasteiger partial charge in [-0.2, -0.15) is 0 Å². The third kappa shape index (κ3) is 3.08. The smallest absolute Gasteiger partial charge is 0.325 e. The number of ether oxygens (including phenoxy) is 1. The quantitative estimate of drug-likeness (QED) is 0.441. The summed E-state index contributed by atoms with van der Waals surface area (Å²) in [6.45, 7) is -6.73. The summed E-state index contributed by atoms with van der Waals surface area (Å²) in [5.74, 6) is -2.99. The van der Waals surface area contributed by atoms with Crippen LogP contribution >= 0.6 is 0 Å². The highest BCUT2D eigenvalue weighted by molar-refractivity contribution is 5.76. The van der Waals surface area contributed by atoms with Crippen LogP contribution in [0.2, 0.25) is 0 Å². The average Bonchev–Trinajstić information content (AvgIpc) is 2.39. The highest BCUT2D eigenvalue weighted by Crippen LogP contribution is 2.28. The van der Waals surface area contributed by atoms with Crippen molar-refractivity contribution in [3.8, 4) is 11.5 Å². The molecule has 2 atom stereocenters. The highest BCUT2D eigenvalue weighted by Gasteiger charge is 2.25. The molecule has 0 saturated carbocycles. The van der Waals surface area contributed by atoms with E-state index in [1.165, 1.54) is 0 Å². The zero-order valence-electron chi connectivity index (χ0n) is 14.5. The number of carbonyl (C=O) groups excluding carboxylic acids is 1. The predicted octanol–water partition coefficient (Wildman–Crippen LogP) is 0.0216. The fourth-order valence-corrected chi connectivity index (χ4v) is 1.11. The summed E-state index contributed by atoms with van der Waals surface area (Å²) in [5, 5.41) is 28.5. The van der Waals surface area contributed by atoms with Crippen LogP contribution in [0.15, 0.2) is 18.2 Å². The van der Waals surface area contributed by atoms with Crippen LogP contribution in [0.3, 0.4) is 0 Å². The maximum atomic E-state index is 11.8. The molecule has 2 unspecified atom stereocenters. The van der Waals surface area contributed by atoms with Gasteiger partial charge < -0.3 is 25.8 Å². The van der Waals surface area contributed by atoms with Crippen molar-refractivity contribution >= 4 is 5.97 Å². The molecule has 1 aromatic carbocycles.